The number of allylic oxidation sites excluding steroid dienone is 5. The number of hydrogen-bond donors (Lipinski definition) is 2. The van der Waals surface area contributed by atoms with E-state index in [4.69, 9.17) is 5.73 Å². The Morgan fingerprint density at radius 3 is 2.59 bits per heavy atom. The van der Waals surface area contributed by atoms with E-state index in [0.717, 1.165) is 17.1 Å². The highest BCUT2D eigenvalue weighted by molar-refractivity contribution is 8.02. The molecule has 0 aliphatic carbocycles. The van der Waals surface area contributed by atoms with Gasteiger partial charge in [-0.3, -0.25) is 0 Å². The lowest BCUT2D eigenvalue weighted by molar-refractivity contribution is 1.24. The summed E-state index contributed by atoms with van der Waals surface area (Å²) in [6.07, 6.45) is 11.1. The van der Waals surface area contributed by atoms with Crippen molar-refractivity contribution in [3.05, 3.63) is 77.5 Å². The largest absolute Gasteiger partial charge is 0.398 e. The Hall–Kier alpha value is -2.38. The highest BCUT2D eigenvalue weighted by Crippen LogP contribution is 2.23. The van der Waals surface area contributed by atoms with Crippen LogP contribution in [0.4, 0.5) is 5.69 Å². The molecule has 3 N–H and O–H groups in total. The van der Waals surface area contributed by atoms with E-state index in [1.165, 1.54) is 11.8 Å². The molecule has 3 nitrogen and oxygen atoms in total. The van der Waals surface area contributed by atoms with Gasteiger partial charge >= 0.3 is 0 Å². The molecule has 0 heterocycles. The molecule has 0 radical (unpaired) electrons. The van der Waals surface area contributed by atoms with Crippen LogP contribution in [0.15, 0.2) is 77.5 Å². The first-order valence-electron chi connectivity index (χ1n) is 6.95. The van der Waals surface area contributed by atoms with Crippen LogP contribution in [0.25, 0.3) is 0 Å². The van der Waals surface area contributed by atoms with Crippen LogP contribution in [0.1, 0.15) is 12.8 Å². The maximum atomic E-state index is 9.40. The van der Waals surface area contributed by atoms with Gasteiger partial charge in [-0.2, -0.15) is 5.26 Å². The van der Waals surface area contributed by atoms with Gasteiger partial charge in [0, 0.05) is 11.4 Å². The Morgan fingerprint density at radius 2 is 2.00 bits per heavy atom. The van der Waals surface area contributed by atoms with Crippen LogP contribution in [0.3, 0.4) is 0 Å². The predicted octanol–water partition coefficient (Wildman–Crippen LogP) is 4.56. The summed E-state index contributed by atoms with van der Waals surface area (Å²) < 4.78 is 0. The molecule has 0 saturated carbocycles. The van der Waals surface area contributed by atoms with Crippen LogP contribution in [0.2, 0.25) is 0 Å². The van der Waals surface area contributed by atoms with Crippen LogP contribution >= 0.6 is 11.8 Å². The molecule has 0 aliphatic heterocycles. The molecule has 0 aromatic heterocycles. The molecule has 0 atom stereocenters. The van der Waals surface area contributed by atoms with E-state index < -0.39 is 0 Å². The fraction of sp³-hybridized carbons (Fsp3) is 0.167. The Labute approximate surface area is 136 Å². The van der Waals surface area contributed by atoms with E-state index in [-0.39, 0.29) is 0 Å². The van der Waals surface area contributed by atoms with Crippen molar-refractivity contribution >= 4 is 17.4 Å². The number of nitrogens with zero attached hydrogens (tertiary/aromatic N) is 1. The smallest absolute Gasteiger partial charge is 0.105 e. The summed E-state index contributed by atoms with van der Waals surface area (Å²) in [5.41, 5.74) is 7.93. The van der Waals surface area contributed by atoms with Gasteiger partial charge in [0.25, 0.3) is 0 Å². The quantitative estimate of drug-likeness (QED) is 0.419. The molecule has 4 heteroatoms. The van der Waals surface area contributed by atoms with Crippen molar-refractivity contribution in [2.45, 2.75) is 12.8 Å². The normalized spacial score (nSPS) is 12.6. The van der Waals surface area contributed by atoms with E-state index in [9.17, 15) is 5.26 Å². The van der Waals surface area contributed by atoms with Gasteiger partial charge in [-0.15, -0.1) is 18.3 Å². The zero-order valence-corrected chi connectivity index (χ0v) is 13.6. The monoisotopic (exact) mass is 311 g/mol. The first kappa shape index (κ1) is 17.7. The lowest BCUT2D eigenvalue weighted by Crippen LogP contribution is -2.07. The molecule has 114 valence electrons. The van der Waals surface area contributed by atoms with Crippen molar-refractivity contribution in [1.29, 1.82) is 5.26 Å². The first-order valence-corrected chi connectivity index (χ1v) is 8.17. The molecule has 0 unspecified atom stereocenters. The molecule has 0 bridgehead atoms. The average molecular weight is 311 g/mol. The number of nitrogens with two attached hydrogens (primary N) is 1. The van der Waals surface area contributed by atoms with Gasteiger partial charge in [0.15, 0.2) is 0 Å². The van der Waals surface area contributed by atoms with Gasteiger partial charge in [0.05, 0.1) is 5.03 Å². The zero-order valence-electron chi connectivity index (χ0n) is 12.8. The molecule has 0 amide bonds. The summed E-state index contributed by atoms with van der Waals surface area (Å²) in [6.45, 7) is 3.66. The topological polar surface area (TPSA) is 61.8 Å². The van der Waals surface area contributed by atoms with E-state index in [0.29, 0.717) is 17.7 Å². The van der Waals surface area contributed by atoms with Gasteiger partial charge in [0.1, 0.15) is 11.6 Å². The minimum atomic E-state index is 0.466. The fourth-order valence-electron chi connectivity index (χ4n) is 1.70. The molecule has 0 fully saturated rings. The van der Waals surface area contributed by atoms with E-state index in [1.807, 2.05) is 60.9 Å². The third-order valence-corrected chi connectivity index (χ3v) is 3.52. The van der Waals surface area contributed by atoms with Crippen LogP contribution in [-0.2, 0) is 0 Å². The SMILES string of the molecule is C=CC/C=C/C/C=C(N)/C(C#N)=C(/Nc1ccccc1)SC. The minimum Gasteiger partial charge on any atom is -0.398 e. The molecule has 0 spiro atoms. The van der Waals surface area contributed by atoms with Crippen molar-refractivity contribution in [2.24, 2.45) is 5.73 Å². The van der Waals surface area contributed by atoms with Gasteiger partial charge < -0.3 is 11.1 Å². The first-order chi connectivity index (χ1) is 10.7. The molecule has 1 rings (SSSR count). The lowest BCUT2D eigenvalue weighted by atomic mass is 10.2. The van der Waals surface area contributed by atoms with Crippen LogP contribution < -0.4 is 11.1 Å². The highest BCUT2D eigenvalue weighted by Gasteiger charge is 2.08. The number of rotatable bonds is 8. The van der Waals surface area contributed by atoms with Crippen molar-refractivity contribution in [2.75, 3.05) is 11.6 Å². The summed E-state index contributed by atoms with van der Waals surface area (Å²) in [7, 11) is 0. The second kappa shape index (κ2) is 10.4. The molecular formula is C18H21N3S. The number of benzene rings is 1. The molecule has 1 aromatic carbocycles. The summed E-state index contributed by atoms with van der Waals surface area (Å²) in [5, 5.41) is 13.4. The lowest BCUT2D eigenvalue weighted by Gasteiger charge is -2.11. The highest BCUT2D eigenvalue weighted by atomic mass is 32.2. The minimum absolute atomic E-state index is 0.466. The van der Waals surface area contributed by atoms with Crippen molar-refractivity contribution in [3.63, 3.8) is 0 Å². The van der Waals surface area contributed by atoms with Gasteiger partial charge in [-0.25, -0.2) is 0 Å². The summed E-state index contributed by atoms with van der Waals surface area (Å²) in [6, 6.07) is 11.9. The molecule has 1 aromatic rings. The third kappa shape index (κ3) is 5.94. The van der Waals surface area contributed by atoms with Crippen molar-refractivity contribution in [1.82, 2.24) is 0 Å². The zero-order chi connectivity index (χ0) is 16.2. The van der Waals surface area contributed by atoms with Gasteiger partial charge in [0.2, 0.25) is 0 Å². The Morgan fingerprint density at radius 1 is 1.32 bits per heavy atom. The summed E-state index contributed by atoms with van der Waals surface area (Å²) in [4.78, 5) is 0. The third-order valence-electron chi connectivity index (χ3n) is 2.81. The van der Waals surface area contributed by atoms with Crippen LogP contribution in [-0.4, -0.2) is 6.26 Å². The van der Waals surface area contributed by atoms with Crippen LogP contribution in [0, 0.1) is 11.3 Å². The molecule has 0 aliphatic rings. The summed E-state index contributed by atoms with van der Waals surface area (Å²) >= 11 is 1.47. The number of anilines is 1. The Kier molecular flexibility index (Phi) is 8.32. The van der Waals surface area contributed by atoms with Crippen LogP contribution in [0.5, 0.6) is 0 Å². The maximum Gasteiger partial charge on any atom is 0.105 e. The second-order valence-corrected chi connectivity index (χ2v) is 5.22. The van der Waals surface area contributed by atoms with Gasteiger partial charge in [-0.05, 0) is 31.2 Å². The molecule has 0 saturated heterocycles. The number of thioether (sulfide) groups is 1. The average Bonchev–Trinajstić information content (AvgIpc) is 2.55. The van der Waals surface area contributed by atoms with Crippen molar-refractivity contribution in [3.8, 4) is 6.07 Å². The number of nitrogens with one attached hydrogen (secondary N) is 1. The summed E-state index contributed by atoms with van der Waals surface area (Å²) in [5.74, 6) is 0. The standard InChI is InChI=1S/C18H21N3S/c1-3-4-5-6-10-13-17(20)16(14-19)18(22-2)21-15-11-8-7-9-12-15/h3,5-9,11-13,21H,1,4,10,20H2,2H3/b6-5+,17-13-,18-16-. The Bertz CT molecular complexity index is 607. The van der Waals surface area contributed by atoms with E-state index in [1.54, 1.807) is 0 Å². The Balaban J connectivity index is 2.90. The molecule has 22 heavy (non-hydrogen) atoms. The predicted molar refractivity (Wildman–Crippen MR) is 97.1 cm³/mol. The van der Waals surface area contributed by atoms with Gasteiger partial charge in [-0.1, -0.05) is 42.5 Å². The second-order valence-electron chi connectivity index (χ2n) is 4.40. The van der Waals surface area contributed by atoms with Crippen molar-refractivity contribution < 1.29 is 0 Å². The van der Waals surface area contributed by atoms with E-state index in [2.05, 4.69) is 18.0 Å². The van der Waals surface area contributed by atoms with E-state index >= 15 is 0 Å². The maximum absolute atomic E-state index is 9.40. The number of para-hydroxylation sites is 1. The fourth-order valence-corrected chi connectivity index (χ4v) is 2.29. The molecular weight excluding hydrogens is 290 g/mol. The number of hydrogen-bond acceptors (Lipinski definition) is 4. The number of nitriles is 1.